The molecule has 2 rings (SSSR count). The maximum Gasteiger partial charge on any atom is 0.171 e. The summed E-state index contributed by atoms with van der Waals surface area (Å²) in [4.78, 5) is 6.83. The quantitative estimate of drug-likeness (QED) is 0.782. The molecule has 0 amide bonds. The standard InChI is InChI=1S/C14H21ClN2O/c1-2-18-13-8-6-9-16-14(13)17-10-5-3-4-7-12(17)11-15/h6,8-9,12H,2-5,7,10-11H2,1H3. The van der Waals surface area contributed by atoms with E-state index in [2.05, 4.69) is 9.88 Å². The summed E-state index contributed by atoms with van der Waals surface area (Å²) in [6.45, 7) is 3.69. The molecule has 1 fully saturated rings. The predicted molar refractivity (Wildman–Crippen MR) is 75.7 cm³/mol. The molecule has 3 nitrogen and oxygen atoms in total. The molecule has 1 aromatic heterocycles. The van der Waals surface area contributed by atoms with Gasteiger partial charge in [-0.15, -0.1) is 11.6 Å². The van der Waals surface area contributed by atoms with E-state index in [9.17, 15) is 0 Å². The van der Waals surface area contributed by atoms with Crippen molar-refractivity contribution in [3.8, 4) is 5.75 Å². The molecule has 0 aromatic carbocycles. The van der Waals surface area contributed by atoms with Crippen LogP contribution in [-0.2, 0) is 0 Å². The highest BCUT2D eigenvalue weighted by atomic mass is 35.5. The third kappa shape index (κ3) is 3.08. The van der Waals surface area contributed by atoms with Crippen LogP contribution in [-0.4, -0.2) is 30.1 Å². The number of anilines is 1. The Morgan fingerprint density at radius 2 is 2.33 bits per heavy atom. The fraction of sp³-hybridized carbons (Fsp3) is 0.643. The van der Waals surface area contributed by atoms with Gasteiger partial charge in [0.15, 0.2) is 11.6 Å². The number of rotatable bonds is 4. The van der Waals surface area contributed by atoms with Crippen molar-refractivity contribution in [2.45, 2.75) is 38.6 Å². The lowest BCUT2D eigenvalue weighted by molar-refractivity contribution is 0.338. The highest BCUT2D eigenvalue weighted by molar-refractivity contribution is 6.18. The highest BCUT2D eigenvalue weighted by Gasteiger charge is 2.23. The Bertz CT molecular complexity index is 373. The van der Waals surface area contributed by atoms with Crippen molar-refractivity contribution < 1.29 is 4.74 Å². The van der Waals surface area contributed by atoms with Gasteiger partial charge in [0.05, 0.1) is 6.61 Å². The first-order chi connectivity index (χ1) is 8.86. The van der Waals surface area contributed by atoms with E-state index >= 15 is 0 Å². The van der Waals surface area contributed by atoms with Crippen LogP contribution in [0.1, 0.15) is 32.6 Å². The Morgan fingerprint density at radius 1 is 1.44 bits per heavy atom. The SMILES string of the molecule is CCOc1cccnc1N1CCCCCC1CCl. The number of hydrogen-bond donors (Lipinski definition) is 0. The van der Waals surface area contributed by atoms with Crippen LogP contribution in [0.5, 0.6) is 5.75 Å². The lowest BCUT2D eigenvalue weighted by atomic mass is 10.1. The van der Waals surface area contributed by atoms with Crippen LogP contribution in [0.3, 0.4) is 0 Å². The summed E-state index contributed by atoms with van der Waals surface area (Å²) in [5.41, 5.74) is 0. The monoisotopic (exact) mass is 268 g/mol. The van der Waals surface area contributed by atoms with Crippen LogP contribution in [0.4, 0.5) is 5.82 Å². The second-order valence-corrected chi connectivity index (χ2v) is 4.92. The van der Waals surface area contributed by atoms with E-state index < -0.39 is 0 Å². The van der Waals surface area contributed by atoms with Crippen LogP contribution >= 0.6 is 11.6 Å². The zero-order chi connectivity index (χ0) is 12.8. The van der Waals surface area contributed by atoms with E-state index in [1.54, 1.807) is 0 Å². The second-order valence-electron chi connectivity index (χ2n) is 4.61. The van der Waals surface area contributed by atoms with Gasteiger partial charge in [-0.3, -0.25) is 0 Å². The molecular formula is C14H21ClN2O. The Labute approximate surface area is 114 Å². The Morgan fingerprint density at radius 3 is 3.11 bits per heavy atom. The predicted octanol–water partition coefficient (Wildman–Crippen LogP) is 3.47. The average molecular weight is 269 g/mol. The molecule has 1 unspecified atom stereocenters. The smallest absolute Gasteiger partial charge is 0.171 e. The van der Waals surface area contributed by atoms with E-state index in [0.717, 1.165) is 24.5 Å². The zero-order valence-corrected chi connectivity index (χ0v) is 11.7. The van der Waals surface area contributed by atoms with Gasteiger partial charge < -0.3 is 9.64 Å². The molecule has 1 saturated heterocycles. The van der Waals surface area contributed by atoms with Crippen LogP contribution in [0.25, 0.3) is 0 Å². The molecule has 1 aliphatic heterocycles. The third-order valence-corrected chi connectivity index (χ3v) is 3.73. The minimum atomic E-state index is 0.378. The minimum Gasteiger partial charge on any atom is -0.490 e. The number of hydrogen-bond acceptors (Lipinski definition) is 3. The molecule has 4 heteroatoms. The van der Waals surface area contributed by atoms with Crippen LogP contribution in [0.15, 0.2) is 18.3 Å². The van der Waals surface area contributed by atoms with Gasteiger partial charge in [-0.25, -0.2) is 4.98 Å². The van der Waals surface area contributed by atoms with E-state index in [1.165, 1.54) is 19.3 Å². The normalized spacial score (nSPS) is 20.6. The van der Waals surface area contributed by atoms with Gasteiger partial charge in [0.2, 0.25) is 0 Å². The minimum absolute atomic E-state index is 0.378. The largest absolute Gasteiger partial charge is 0.490 e. The summed E-state index contributed by atoms with van der Waals surface area (Å²) in [5.74, 6) is 2.48. The van der Waals surface area contributed by atoms with E-state index in [0.29, 0.717) is 18.5 Å². The van der Waals surface area contributed by atoms with Crippen molar-refractivity contribution in [3.63, 3.8) is 0 Å². The molecule has 0 bridgehead atoms. The van der Waals surface area contributed by atoms with Crippen molar-refractivity contribution in [1.29, 1.82) is 0 Å². The number of alkyl halides is 1. The lowest BCUT2D eigenvalue weighted by Gasteiger charge is -2.30. The summed E-state index contributed by atoms with van der Waals surface area (Å²) in [5, 5.41) is 0. The van der Waals surface area contributed by atoms with Gasteiger partial charge >= 0.3 is 0 Å². The first kappa shape index (κ1) is 13.5. The molecule has 0 saturated carbocycles. The van der Waals surface area contributed by atoms with Crippen molar-refractivity contribution in [1.82, 2.24) is 4.98 Å². The van der Waals surface area contributed by atoms with Gasteiger partial charge in [-0.1, -0.05) is 12.8 Å². The number of ether oxygens (including phenoxy) is 1. The first-order valence-corrected chi connectivity index (χ1v) is 7.30. The molecular weight excluding hydrogens is 248 g/mol. The van der Waals surface area contributed by atoms with E-state index in [1.807, 2.05) is 25.3 Å². The highest BCUT2D eigenvalue weighted by Crippen LogP contribution is 2.30. The molecule has 2 heterocycles. The molecule has 0 aliphatic carbocycles. The molecule has 100 valence electrons. The molecule has 18 heavy (non-hydrogen) atoms. The Balaban J connectivity index is 2.26. The molecule has 0 radical (unpaired) electrons. The summed E-state index contributed by atoms with van der Waals surface area (Å²) in [6, 6.07) is 4.28. The first-order valence-electron chi connectivity index (χ1n) is 6.77. The van der Waals surface area contributed by atoms with Crippen molar-refractivity contribution >= 4 is 17.4 Å². The fourth-order valence-corrected chi connectivity index (χ4v) is 2.80. The molecule has 1 aromatic rings. The summed E-state index contributed by atoms with van der Waals surface area (Å²) >= 11 is 6.12. The fourth-order valence-electron chi connectivity index (χ4n) is 2.48. The van der Waals surface area contributed by atoms with Gasteiger partial charge in [0, 0.05) is 24.7 Å². The topological polar surface area (TPSA) is 25.4 Å². The van der Waals surface area contributed by atoms with Crippen LogP contribution in [0.2, 0.25) is 0 Å². The van der Waals surface area contributed by atoms with Crippen molar-refractivity contribution in [3.05, 3.63) is 18.3 Å². The van der Waals surface area contributed by atoms with E-state index in [4.69, 9.17) is 16.3 Å². The number of aromatic nitrogens is 1. The maximum absolute atomic E-state index is 6.12. The summed E-state index contributed by atoms with van der Waals surface area (Å²) in [7, 11) is 0. The molecule has 1 aliphatic rings. The number of nitrogens with zero attached hydrogens (tertiary/aromatic N) is 2. The second kappa shape index (κ2) is 6.83. The lowest BCUT2D eigenvalue weighted by Crippen LogP contribution is -2.37. The van der Waals surface area contributed by atoms with Gasteiger partial charge in [0.25, 0.3) is 0 Å². The summed E-state index contributed by atoms with van der Waals surface area (Å²) < 4.78 is 5.68. The Kier molecular flexibility index (Phi) is 5.12. The molecule has 1 atom stereocenters. The third-order valence-electron chi connectivity index (χ3n) is 3.38. The average Bonchev–Trinajstić information content (AvgIpc) is 2.65. The zero-order valence-electron chi connectivity index (χ0n) is 10.9. The summed E-state index contributed by atoms with van der Waals surface area (Å²) in [6.07, 6.45) is 6.71. The van der Waals surface area contributed by atoms with Crippen LogP contribution in [0, 0.1) is 0 Å². The van der Waals surface area contributed by atoms with Crippen LogP contribution < -0.4 is 9.64 Å². The molecule has 0 N–H and O–H groups in total. The maximum atomic E-state index is 6.12. The number of halogens is 1. The van der Waals surface area contributed by atoms with Crippen molar-refractivity contribution in [2.24, 2.45) is 0 Å². The van der Waals surface area contributed by atoms with E-state index in [-0.39, 0.29) is 0 Å². The van der Waals surface area contributed by atoms with Crippen molar-refractivity contribution in [2.75, 3.05) is 23.9 Å². The van der Waals surface area contributed by atoms with Gasteiger partial charge in [-0.05, 0) is 31.9 Å². The number of pyridine rings is 1. The van der Waals surface area contributed by atoms with Gasteiger partial charge in [-0.2, -0.15) is 0 Å². The van der Waals surface area contributed by atoms with Gasteiger partial charge in [0.1, 0.15) is 0 Å². The Hall–Kier alpha value is -0.960. The molecule has 0 spiro atoms.